The monoisotopic (exact) mass is 197 g/mol. The van der Waals surface area contributed by atoms with Crippen molar-refractivity contribution in [1.82, 2.24) is 0 Å². The molecule has 0 aliphatic heterocycles. The number of halogens is 1. The third-order valence-electron chi connectivity index (χ3n) is 1.06. The van der Waals surface area contributed by atoms with Crippen molar-refractivity contribution in [2.75, 3.05) is 0 Å². The Bertz CT molecular complexity index is 296. The molecule has 0 aromatic rings. The SMILES string of the molecule is O=C(N=S(=O)=O)OC1(Cl)CC1. The summed E-state index contributed by atoms with van der Waals surface area (Å²) in [4.78, 5) is 10.4. The van der Waals surface area contributed by atoms with Gasteiger partial charge >= 0.3 is 16.6 Å². The lowest BCUT2D eigenvalue weighted by molar-refractivity contribution is 0.134. The number of carbonyl (C=O) groups is 1. The van der Waals surface area contributed by atoms with Crippen LogP contribution in [0.3, 0.4) is 0 Å². The van der Waals surface area contributed by atoms with Crippen LogP contribution < -0.4 is 0 Å². The number of ether oxygens (including phenoxy) is 1. The summed E-state index contributed by atoms with van der Waals surface area (Å²) >= 11 is 5.52. The highest BCUT2D eigenvalue weighted by Gasteiger charge is 2.45. The predicted octanol–water partition coefficient (Wildman–Crippen LogP) is 0.915. The molecule has 0 N–H and O–H groups in total. The van der Waals surface area contributed by atoms with Crippen molar-refractivity contribution in [2.45, 2.75) is 17.9 Å². The van der Waals surface area contributed by atoms with Gasteiger partial charge < -0.3 is 4.74 Å². The lowest BCUT2D eigenvalue weighted by atomic mass is 10.8. The van der Waals surface area contributed by atoms with Crippen LogP contribution in [0.5, 0.6) is 0 Å². The van der Waals surface area contributed by atoms with Gasteiger partial charge in [-0.15, -0.1) is 0 Å². The van der Waals surface area contributed by atoms with E-state index >= 15 is 0 Å². The molecular weight excluding hydrogens is 194 g/mol. The zero-order chi connectivity index (χ0) is 8.48. The number of alkyl halides is 1. The Labute approximate surface area is 69.0 Å². The standard InChI is InChI=1S/C4H4ClNO4S/c5-4(1-2-4)10-3(7)6-11(8)9/h1-2H2. The van der Waals surface area contributed by atoms with E-state index in [4.69, 9.17) is 11.6 Å². The highest BCUT2D eigenvalue weighted by atomic mass is 35.5. The molecule has 1 aliphatic carbocycles. The van der Waals surface area contributed by atoms with Crippen LogP contribution >= 0.6 is 11.6 Å². The maximum absolute atomic E-state index is 10.4. The van der Waals surface area contributed by atoms with Crippen LogP contribution in [-0.2, 0) is 15.2 Å². The number of nitrogens with zero attached hydrogens (tertiary/aromatic N) is 1. The van der Waals surface area contributed by atoms with E-state index in [1.165, 1.54) is 0 Å². The summed E-state index contributed by atoms with van der Waals surface area (Å²) in [7, 11) is -2.76. The van der Waals surface area contributed by atoms with E-state index in [-0.39, 0.29) is 0 Å². The zero-order valence-corrected chi connectivity index (χ0v) is 6.85. The lowest BCUT2D eigenvalue weighted by Crippen LogP contribution is -2.09. The molecule has 0 radical (unpaired) electrons. The Hall–Kier alpha value is -0.620. The molecule has 7 heteroatoms. The maximum atomic E-state index is 10.4. The summed E-state index contributed by atoms with van der Waals surface area (Å²) in [5.74, 6) is 0. The van der Waals surface area contributed by atoms with Gasteiger partial charge in [-0.2, -0.15) is 8.42 Å². The minimum absolute atomic E-state index is 0.543. The van der Waals surface area contributed by atoms with Gasteiger partial charge in [0, 0.05) is 12.8 Å². The Morgan fingerprint density at radius 1 is 1.55 bits per heavy atom. The highest BCUT2D eigenvalue weighted by molar-refractivity contribution is 7.62. The first-order valence-electron chi connectivity index (χ1n) is 2.75. The zero-order valence-electron chi connectivity index (χ0n) is 5.28. The van der Waals surface area contributed by atoms with E-state index < -0.39 is 21.7 Å². The number of amides is 1. The van der Waals surface area contributed by atoms with E-state index in [2.05, 4.69) is 9.10 Å². The summed E-state index contributed by atoms with van der Waals surface area (Å²) in [6, 6.07) is 0. The summed E-state index contributed by atoms with van der Waals surface area (Å²) in [5.41, 5.74) is 0. The van der Waals surface area contributed by atoms with Gasteiger partial charge in [-0.05, 0) is 0 Å². The fourth-order valence-electron chi connectivity index (χ4n) is 0.436. The molecule has 0 saturated heterocycles. The topological polar surface area (TPSA) is 72.8 Å². The second-order valence-electron chi connectivity index (χ2n) is 2.06. The molecule has 62 valence electrons. The van der Waals surface area contributed by atoms with E-state index in [0.717, 1.165) is 0 Å². The quantitative estimate of drug-likeness (QED) is 0.586. The summed E-state index contributed by atoms with van der Waals surface area (Å²) < 4.78 is 26.6. The van der Waals surface area contributed by atoms with Gasteiger partial charge in [0.1, 0.15) is 0 Å². The normalized spacial score (nSPS) is 18.6. The number of hydrogen-bond acceptors (Lipinski definition) is 4. The fourth-order valence-corrected chi connectivity index (χ4v) is 0.756. The second kappa shape index (κ2) is 2.78. The molecule has 0 atom stereocenters. The number of carbonyl (C=O) groups excluding carboxylic acids is 1. The molecule has 1 aliphatic rings. The molecule has 0 bridgehead atoms. The van der Waals surface area contributed by atoms with E-state index in [1.54, 1.807) is 0 Å². The second-order valence-corrected chi connectivity index (χ2v) is 3.37. The number of rotatable bonds is 1. The average molecular weight is 198 g/mol. The molecule has 1 amide bonds. The van der Waals surface area contributed by atoms with Crippen molar-refractivity contribution in [3.63, 3.8) is 0 Å². The Balaban J connectivity index is 2.51. The largest absolute Gasteiger partial charge is 0.450 e. The van der Waals surface area contributed by atoms with E-state index in [0.29, 0.717) is 12.8 Å². The summed E-state index contributed by atoms with van der Waals surface area (Å²) in [5, 5.41) is -0.986. The first-order valence-corrected chi connectivity index (χ1v) is 4.16. The van der Waals surface area contributed by atoms with Gasteiger partial charge in [-0.3, -0.25) is 0 Å². The molecule has 1 fully saturated rings. The lowest BCUT2D eigenvalue weighted by Gasteiger charge is -2.02. The van der Waals surface area contributed by atoms with E-state index in [9.17, 15) is 13.2 Å². The molecule has 0 aromatic carbocycles. The maximum Gasteiger partial charge on any atom is 0.450 e. The molecule has 5 nitrogen and oxygen atoms in total. The van der Waals surface area contributed by atoms with Crippen molar-refractivity contribution in [2.24, 2.45) is 4.36 Å². The first-order chi connectivity index (χ1) is 5.02. The van der Waals surface area contributed by atoms with Crippen molar-refractivity contribution in [3.05, 3.63) is 0 Å². The van der Waals surface area contributed by atoms with Crippen molar-refractivity contribution < 1.29 is 17.9 Å². The van der Waals surface area contributed by atoms with Crippen LogP contribution in [0.4, 0.5) is 4.79 Å². The minimum atomic E-state index is -2.76. The third kappa shape index (κ3) is 2.85. The van der Waals surface area contributed by atoms with Crippen LogP contribution in [0.15, 0.2) is 4.36 Å². The van der Waals surface area contributed by atoms with Gasteiger partial charge in [0.2, 0.25) is 0 Å². The van der Waals surface area contributed by atoms with Crippen LogP contribution in [0.1, 0.15) is 12.8 Å². The minimum Gasteiger partial charge on any atom is -0.425 e. The van der Waals surface area contributed by atoms with Crippen LogP contribution in [0.2, 0.25) is 0 Å². The molecule has 0 unspecified atom stereocenters. The van der Waals surface area contributed by atoms with Gasteiger partial charge in [0.05, 0.1) is 0 Å². The average Bonchev–Trinajstić information content (AvgIpc) is 2.44. The Morgan fingerprint density at radius 2 is 2.09 bits per heavy atom. The molecule has 0 spiro atoms. The molecule has 11 heavy (non-hydrogen) atoms. The van der Waals surface area contributed by atoms with Gasteiger partial charge in [-0.1, -0.05) is 16.0 Å². The van der Waals surface area contributed by atoms with Crippen LogP contribution in [0, 0.1) is 0 Å². The highest BCUT2D eigenvalue weighted by Crippen LogP contribution is 2.43. The molecular formula is C4H4ClNO4S. The van der Waals surface area contributed by atoms with Crippen LogP contribution in [-0.4, -0.2) is 19.6 Å². The Kier molecular flexibility index (Phi) is 2.15. The van der Waals surface area contributed by atoms with Gasteiger partial charge in [-0.25, -0.2) is 4.79 Å². The first kappa shape index (κ1) is 8.48. The molecule has 1 rings (SSSR count). The van der Waals surface area contributed by atoms with E-state index in [1.807, 2.05) is 0 Å². The molecule has 0 heterocycles. The van der Waals surface area contributed by atoms with Gasteiger partial charge in [0.15, 0.2) is 5.06 Å². The Morgan fingerprint density at radius 3 is 2.45 bits per heavy atom. The smallest absolute Gasteiger partial charge is 0.425 e. The van der Waals surface area contributed by atoms with Crippen molar-refractivity contribution in [3.8, 4) is 0 Å². The number of hydrogen-bond donors (Lipinski definition) is 0. The molecule has 1 saturated carbocycles. The molecule has 0 aromatic heterocycles. The summed E-state index contributed by atoms with van der Waals surface area (Å²) in [6.07, 6.45) is -0.0753. The van der Waals surface area contributed by atoms with Crippen LogP contribution in [0.25, 0.3) is 0 Å². The summed E-state index contributed by atoms with van der Waals surface area (Å²) in [6.45, 7) is 0. The van der Waals surface area contributed by atoms with Gasteiger partial charge in [0.25, 0.3) is 0 Å². The fraction of sp³-hybridized carbons (Fsp3) is 0.750. The van der Waals surface area contributed by atoms with Crippen molar-refractivity contribution in [1.29, 1.82) is 0 Å². The third-order valence-corrected chi connectivity index (χ3v) is 1.82. The predicted molar refractivity (Wildman–Crippen MR) is 35.6 cm³/mol. The van der Waals surface area contributed by atoms with Crippen molar-refractivity contribution >= 4 is 28.2 Å².